The van der Waals surface area contributed by atoms with Gasteiger partial charge in [0, 0.05) is 35.2 Å². The highest BCUT2D eigenvalue weighted by Gasteiger charge is 2.30. The van der Waals surface area contributed by atoms with Gasteiger partial charge in [-0.2, -0.15) is 0 Å². The molecule has 2 amide bonds. The second-order valence-electron chi connectivity index (χ2n) is 12.6. The van der Waals surface area contributed by atoms with Gasteiger partial charge in [-0.1, -0.05) is 24.3 Å². The van der Waals surface area contributed by atoms with Gasteiger partial charge < -0.3 is 31.3 Å². The van der Waals surface area contributed by atoms with Crippen LogP contribution in [0, 0.1) is 18.8 Å². The van der Waals surface area contributed by atoms with Crippen molar-refractivity contribution in [1.29, 1.82) is 0 Å². The third-order valence-corrected chi connectivity index (χ3v) is 9.32. The van der Waals surface area contributed by atoms with Crippen LogP contribution in [0.3, 0.4) is 0 Å². The molecule has 11 heteroatoms. The molecule has 0 saturated heterocycles. The Hall–Kier alpha value is -4.77. The molecule has 1 atom stereocenters. The number of rotatable bonds is 9. The average molecular weight is 607 g/mol. The number of carbonyl (C=O) groups excluding carboxylic acids is 2. The Morgan fingerprint density at radius 3 is 2.40 bits per heavy atom. The number of amides is 2. The van der Waals surface area contributed by atoms with E-state index in [1.54, 1.807) is 18.2 Å². The molecule has 7 rings (SSSR count). The molecule has 0 radical (unpaired) electrons. The number of aryl methyl sites for hydroxylation is 1. The molecule has 0 spiro atoms. The lowest BCUT2D eigenvalue weighted by Crippen LogP contribution is -2.48. The van der Waals surface area contributed by atoms with E-state index in [0.717, 1.165) is 65.1 Å². The number of nitrogens with zero attached hydrogens (tertiary/aromatic N) is 2. The molecule has 2 aliphatic carbocycles. The van der Waals surface area contributed by atoms with E-state index < -0.39 is 6.04 Å². The Morgan fingerprint density at radius 1 is 0.911 bits per heavy atom. The third-order valence-electron chi connectivity index (χ3n) is 9.32. The van der Waals surface area contributed by atoms with Crippen molar-refractivity contribution in [2.75, 3.05) is 11.9 Å². The van der Waals surface area contributed by atoms with Crippen molar-refractivity contribution in [3.8, 4) is 11.1 Å². The molecule has 1 unspecified atom stereocenters. The first-order valence-electron chi connectivity index (χ1n) is 15.8. The highest BCUT2D eigenvalue weighted by Crippen LogP contribution is 2.39. The number of fused-ring (bicyclic) bond motifs is 2. The number of aromatic nitrogens is 5. The van der Waals surface area contributed by atoms with Gasteiger partial charge in [-0.25, -0.2) is 14.8 Å². The van der Waals surface area contributed by atoms with E-state index in [1.807, 2.05) is 31.2 Å². The fraction of sp³-hybridized carbons (Fsp3) is 0.382. The van der Waals surface area contributed by atoms with Crippen LogP contribution in [-0.2, 0) is 16.0 Å². The van der Waals surface area contributed by atoms with Crippen LogP contribution in [0.5, 0.6) is 0 Å². The summed E-state index contributed by atoms with van der Waals surface area (Å²) in [6.45, 7) is 2.63. The maximum absolute atomic E-state index is 13.6. The summed E-state index contributed by atoms with van der Waals surface area (Å²) >= 11 is 0. The van der Waals surface area contributed by atoms with Crippen molar-refractivity contribution in [3.05, 3.63) is 76.1 Å². The molecule has 2 aromatic carbocycles. The second-order valence-corrected chi connectivity index (χ2v) is 12.6. The van der Waals surface area contributed by atoms with Crippen LogP contribution in [0.1, 0.15) is 61.5 Å². The molecule has 2 saturated carbocycles. The molecule has 2 fully saturated rings. The van der Waals surface area contributed by atoms with Gasteiger partial charge in [0.1, 0.15) is 11.9 Å². The SMILES string of the molecule is Cc1nc2nc(C3CC3)[nH]c2cc1-c1ccc(CC(NC(=O)C2CCC(CN)CC2)C(=O)Nc2ccc3[nH]c(=O)[nH]c3c2)cc1. The highest BCUT2D eigenvalue weighted by atomic mass is 16.2. The minimum absolute atomic E-state index is 0.104. The van der Waals surface area contributed by atoms with Crippen molar-refractivity contribution in [3.63, 3.8) is 0 Å². The molecule has 0 aliphatic heterocycles. The summed E-state index contributed by atoms with van der Waals surface area (Å²) < 4.78 is 0. The molecule has 232 valence electrons. The zero-order chi connectivity index (χ0) is 31.1. The Labute approximate surface area is 259 Å². The molecule has 7 N–H and O–H groups in total. The van der Waals surface area contributed by atoms with Crippen LogP contribution in [0.4, 0.5) is 5.69 Å². The predicted octanol–water partition coefficient (Wildman–Crippen LogP) is 4.41. The number of pyridine rings is 1. The minimum atomic E-state index is -0.790. The topological polar surface area (TPSA) is 174 Å². The van der Waals surface area contributed by atoms with Crippen molar-refractivity contribution < 1.29 is 9.59 Å². The van der Waals surface area contributed by atoms with Gasteiger partial charge in [-0.05, 0) is 93.3 Å². The van der Waals surface area contributed by atoms with E-state index in [9.17, 15) is 14.4 Å². The molecule has 3 heterocycles. The van der Waals surface area contributed by atoms with Crippen molar-refractivity contribution >= 4 is 39.7 Å². The smallest absolute Gasteiger partial charge is 0.323 e. The van der Waals surface area contributed by atoms with Gasteiger partial charge in [0.2, 0.25) is 11.8 Å². The van der Waals surface area contributed by atoms with E-state index in [4.69, 9.17) is 10.7 Å². The summed E-state index contributed by atoms with van der Waals surface area (Å²) in [5.74, 6) is 1.43. The molecular weight excluding hydrogens is 568 g/mol. The van der Waals surface area contributed by atoms with Gasteiger partial charge in [0.05, 0.1) is 16.6 Å². The Morgan fingerprint density at radius 2 is 1.67 bits per heavy atom. The number of H-pyrrole nitrogens is 3. The van der Waals surface area contributed by atoms with Crippen LogP contribution in [-0.4, -0.2) is 49.3 Å². The minimum Gasteiger partial charge on any atom is -0.344 e. The lowest BCUT2D eigenvalue weighted by Gasteiger charge is -2.28. The summed E-state index contributed by atoms with van der Waals surface area (Å²) in [5.41, 5.74) is 12.8. The van der Waals surface area contributed by atoms with Crippen molar-refractivity contribution in [2.24, 2.45) is 17.6 Å². The van der Waals surface area contributed by atoms with Gasteiger partial charge in [-0.15, -0.1) is 0 Å². The third kappa shape index (κ3) is 6.26. The Bertz CT molecular complexity index is 1930. The number of hydrogen-bond donors (Lipinski definition) is 6. The lowest BCUT2D eigenvalue weighted by atomic mass is 9.81. The Balaban J connectivity index is 1.10. The number of aromatic amines is 3. The van der Waals surface area contributed by atoms with E-state index in [0.29, 0.717) is 41.5 Å². The van der Waals surface area contributed by atoms with Crippen LogP contribution < -0.4 is 22.1 Å². The highest BCUT2D eigenvalue weighted by molar-refractivity contribution is 5.98. The average Bonchev–Trinajstić information content (AvgIpc) is 3.71. The van der Waals surface area contributed by atoms with Gasteiger partial charge >= 0.3 is 5.69 Å². The number of nitrogens with two attached hydrogens (primary N) is 1. The standard InChI is InChI=1S/C34H38N8O3/c1-18-25(16-28-31(36-18)42-30(38-28)22-10-11-22)21-6-2-19(3-7-21)14-29(39-32(43)23-8-4-20(17-35)5-9-23)33(44)37-24-12-13-26-27(15-24)41-34(45)40-26/h2-3,6-7,12-13,15-16,20,22-23,29H,4-5,8-11,14,17,35H2,1H3,(H,37,44)(H,39,43)(H,36,38,42)(H2,40,41,45). The fourth-order valence-corrected chi connectivity index (χ4v) is 6.45. The zero-order valence-electron chi connectivity index (χ0n) is 25.3. The molecule has 11 nitrogen and oxygen atoms in total. The van der Waals surface area contributed by atoms with Gasteiger partial charge in [-0.3, -0.25) is 9.59 Å². The first-order valence-corrected chi connectivity index (χ1v) is 15.8. The van der Waals surface area contributed by atoms with E-state index in [2.05, 4.69) is 36.6 Å². The fourth-order valence-electron chi connectivity index (χ4n) is 6.45. The molecule has 0 bridgehead atoms. The number of imidazole rings is 2. The lowest BCUT2D eigenvalue weighted by molar-refractivity contribution is -0.130. The summed E-state index contributed by atoms with van der Waals surface area (Å²) in [6, 6.07) is 14.5. The summed E-state index contributed by atoms with van der Waals surface area (Å²) in [5, 5.41) is 5.99. The van der Waals surface area contributed by atoms with Crippen LogP contribution in [0.2, 0.25) is 0 Å². The van der Waals surface area contributed by atoms with E-state index in [-0.39, 0.29) is 23.4 Å². The summed E-state index contributed by atoms with van der Waals surface area (Å²) in [7, 11) is 0. The van der Waals surface area contributed by atoms with E-state index >= 15 is 0 Å². The van der Waals surface area contributed by atoms with Crippen LogP contribution >= 0.6 is 0 Å². The number of nitrogens with one attached hydrogen (secondary N) is 5. The number of carbonyl (C=O) groups is 2. The summed E-state index contributed by atoms with van der Waals surface area (Å²) in [4.78, 5) is 57.0. The van der Waals surface area contributed by atoms with Crippen molar-refractivity contribution in [1.82, 2.24) is 30.2 Å². The predicted molar refractivity (Wildman–Crippen MR) is 174 cm³/mol. The summed E-state index contributed by atoms with van der Waals surface area (Å²) in [6.07, 6.45) is 6.04. The monoisotopic (exact) mass is 606 g/mol. The first-order chi connectivity index (χ1) is 21.8. The van der Waals surface area contributed by atoms with E-state index in [1.165, 1.54) is 12.8 Å². The molecule has 3 aromatic heterocycles. The van der Waals surface area contributed by atoms with Gasteiger partial charge in [0.25, 0.3) is 0 Å². The zero-order valence-corrected chi connectivity index (χ0v) is 25.3. The van der Waals surface area contributed by atoms with Crippen LogP contribution in [0.25, 0.3) is 33.3 Å². The van der Waals surface area contributed by atoms with Crippen LogP contribution in [0.15, 0.2) is 53.3 Å². The number of hydrogen-bond acceptors (Lipinski definition) is 6. The second kappa shape index (κ2) is 12.0. The molecule has 2 aliphatic rings. The quantitative estimate of drug-likeness (QED) is 0.145. The first kappa shape index (κ1) is 29.0. The van der Waals surface area contributed by atoms with Crippen molar-refractivity contribution in [2.45, 2.75) is 63.8 Å². The maximum Gasteiger partial charge on any atom is 0.323 e. The molecular formula is C34H38N8O3. The Kier molecular flexibility index (Phi) is 7.70. The largest absolute Gasteiger partial charge is 0.344 e. The number of benzene rings is 2. The maximum atomic E-state index is 13.6. The van der Waals surface area contributed by atoms with Gasteiger partial charge in [0.15, 0.2) is 5.65 Å². The number of anilines is 1. The molecule has 5 aromatic rings. The molecule has 45 heavy (non-hydrogen) atoms. The normalized spacial score (nSPS) is 19.1.